The van der Waals surface area contributed by atoms with Crippen molar-refractivity contribution in [3.05, 3.63) is 60.2 Å². The molecule has 0 saturated carbocycles. The highest BCUT2D eigenvalue weighted by Gasteiger charge is 2.27. The predicted molar refractivity (Wildman–Crippen MR) is 190 cm³/mol. The van der Waals surface area contributed by atoms with Gasteiger partial charge >= 0.3 is 5.97 Å². The zero-order valence-corrected chi connectivity index (χ0v) is 28.5. The number of piperazine rings is 1. The number of benzene rings is 2. The van der Waals surface area contributed by atoms with Gasteiger partial charge < -0.3 is 14.4 Å². The van der Waals surface area contributed by atoms with Gasteiger partial charge in [0.2, 0.25) is 11.8 Å². The first-order chi connectivity index (χ1) is 23.1. The van der Waals surface area contributed by atoms with Crippen molar-refractivity contribution >= 4 is 34.2 Å². The zero-order chi connectivity index (χ0) is 32.7. The number of esters is 1. The lowest BCUT2D eigenvalue weighted by atomic mass is 10.1. The van der Waals surface area contributed by atoms with Crippen LogP contribution in [0, 0.1) is 0 Å². The maximum absolute atomic E-state index is 12.8. The van der Waals surface area contributed by atoms with Gasteiger partial charge in [-0.3, -0.25) is 19.4 Å². The highest BCUT2D eigenvalue weighted by atomic mass is 16.5. The zero-order valence-electron chi connectivity index (χ0n) is 28.5. The van der Waals surface area contributed by atoms with E-state index in [-0.39, 0.29) is 18.6 Å². The molecule has 0 aliphatic carbocycles. The molecule has 1 aromatic heterocycles. The van der Waals surface area contributed by atoms with Gasteiger partial charge in [-0.05, 0) is 55.3 Å². The van der Waals surface area contributed by atoms with Gasteiger partial charge in [-0.15, -0.1) is 0 Å². The first kappa shape index (κ1) is 34.7. The number of rotatable bonds is 19. The monoisotopic (exact) mass is 642 g/mol. The molecule has 0 spiro atoms. The number of aromatic nitrogens is 1. The summed E-state index contributed by atoms with van der Waals surface area (Å²) in [5, 5.41) is 2.62. The van der Waals surface area contributed by atoms with Crippen LogP contribution in [0.5, 0.6) is 5.88 Å². The molecule has 0 radical (unpaired) electrons. The van der Waals surface area contributed by atoms with Crippen molar-refractivity contribution in [3.63, 3.8) is 0 Å². The first-order valence-electron chi connectivity index (χ1n) is 18.2. The van der Waals surface area contributed by atoms with Gasteiger partial charge in [0.25, 0.3) is 0 Å². The number of anilines is 2. The van der Waals surface area contributed by atoms with Crippen LogP contribution >= 0.6 is 0 Å². The number of unbranched alkanes of at least 4 members (excludes halogenated alkanes) is 9. The van der Waals surface area contributed by atoms with Crippen LogP contribution in [0.15, 0.2) is 54.6 Å². The van der Waals surface area contributed by atoms with Gasteiger partial charge in [0, 0.05) is 56.2 Å². The minimum atomic E-state index is -0.254. The Morgan fingerprint density at radius 1 is 0.787 bits per heavy atom. The van der Waals surface area contributed by atoms with E-state index >= 15 is 0 Å². The van der Waals surface area contributed by atoms with E-state index in [4.69, 9.17) is 9.47 Å². The number of carbonyl (C=O) groups is 2. The molecule has 5 rings (SSSR count). The van der Waals surface area contributed by atoms with Gasteiger partial charge in [-0.25, -0.2) is 0 Å². The number of fused-ring (bicyclic) bond motifs is 2. The average Bonchev–Trinajstić information content (AvgIpc) is 3.10. The summed E-state index contributed by atoms with van der Waals surface area (Å²) in [6, 6.07) is 19.1. The minimum absolute atomic E-state index is 0.0708. The highest BCUT2D eigenvalue weighted by Crippen LogP contribution is 2.29. The van der Waals surface area contributed by atoms with E-state index in [2.05, 4.69) is 64.2 Å². The molecule has 8 heteroatoms. The summed E-state index contributed by atoms with van der Waals surface area (Å²) in [5.41, 5.74) is 2.32. The summed E-state index contributed by atoms with van der Waals surface area (Å²) in [5.74, 6) is 0.737. The van der Waals surface area contributed by atoms with Crippen molar-refractivity contribution in [2.45, 2.75) is 96.8 Å². The SMILES string of the molecule is CCCCCCCCCCCC(=O)OCN1C(=O)CCc2ccc(OCCCCN3CCN(c4cccc5ccccc45)CC3)nc21. The summed E-state index contributed by atoms with van der Waals surface area (Å²) >= 11 is 0. The number of carbonyl (C=O) groups excluding carboxylic acids is 2. The van der Waals surface area contributed by atoms with Crippen LogP contribution in [0.2, 0.25) is 0 Å². The van der Waals surface area contributed by atoms with E-state index in [1.807, 2.05) is 12.1 Å². The second kappa shape index (κ2) is 18.6. The Hall–Kier alpha value is -3.65. The Morgan fingerprint density at radius 2 is 1.53 bits per heavy atom. The summed E-state index contributed by atoms with van der Waals surface area (Å²) in [7, 11) is 0. The number of amides is 1. The largest absolute Gasteiger partial charge is 0.478 e. The molecule has 254 valence electrons. The predicted octanol–water partition coefficient (Wildman–Crippen LogP) is 7.92. The number of hydrogen-bond donors (Lipinski definition) is 0. The van der Waals surface area contributed by atoms with E-state index in [1.165, 1.54) is 59.9 Å². The molecule has 2 aromatic carbocycles. The van der Waals surface area contributed by atoms with E-state index in [0.29, 0.717) is 37.6 Å². The molecule has 0 unspecified atom stereocenters. The standard InChI is InChI=1S/C39H54N4O4/c1-2-3-4-5-6-7-8-9-10-20-38(45)47-31-43-37(44)24-22-33-21-23-36(40-39(33)43)46-30-14-13-25-41-26-28-42(29-27-41)35-19-15-17-32-16-11-12-18-34(32)35/h11-12,15-19,21,23H,2-10,13-14,20,22,24-31H2,1H3. The molecule has 47 heavy (non-hydrogen) atoms. The van der Waals surface area contributed by atoms with Gasteiger partial charge in [0.15, 0.2) is 6.73 Å². The molecule has 8 nitrogen and oxygen atoms in total. The second-order valence-electron chi connectivity index (χ2n) is 13.1. The van der Waals surface area contributed by atoms with Crippen LogP contribution in [0.1, 0.15) is 96.0 Å². The molecule has 3 aromatic rings. The van der Waals surface area contributed by atoms with Crippen LogP contribution < -0.4 is 14.5 Å². The van der Waals surface area contributed by atoms with Gasteiger partial charge in [0.05, 0.1) is 6.61 Å². The maximum Gasteiger partial charge on any atom is 0.307 e. The molecular formula is C39H54N4O4. The first-order valence-corrected chi connectivity index (χ1v) is 18.2. The second-order valence-corrected chi connectivity index (χ2v) is 13.1. The van der Waals surface area contributed by atoms with E-state index < -0.39 is 0 Å². The van der Waals surface area contributed by atoms with Crippen LogP contribution in [0.4, 0.5) is 11.5 Å². The van der Waals surface area contributed by atoms with Gasteiger partial charge in [-0.2, -0.15) is 4.98 Å². The van der Waals surface area contributed by atoms with E-state index in [1.54, 1.807) is 0 Å². The van der Waals surface area contributed by atoms with Crippen molar-refractivity contribution in [3.8, 4) is 5.88 Å². The molecule has 2 aliphatic heterocycles. The topological polar surface area (TPSA) is 75.2 Å². The lowest BCUT2D eigenvalue weighted by Crippen LogP contribution is -2.46. The average molecular weight is 643 g/mol. The highest BCUT2D eigenvalue weighted by molar-refractivity contribution is 5.95. The van der Waals surface area contributed by atoms with E-state index in [9.17, 15) is 9.59 Å². The van der Waals surface area contributed by atoms with Crippen LogP contribution in [0.3, 0.4) is 0 Å². The van der Waals surface area contributed by atoms with Crippen LogP contribution in [-0.2, 0) is 20.7 Å². The minimum Gasteiger partial charge on any atom is -0.478 e. The molecule has 0 N–H and O–H groups in total. The smallest absolute Gasteiger partial charge is 0.307 e. The fourth-order valence-electron chi connectivity index (χ4n) is 6.70. The number of ether oxygens (including phenoxy) is 2. The van der Waals surface area contributed by atoms with Crippen molar-refractivity contribution in [1.82, 2.24) is 9.88 Å². The Bertz CT molecular complexity index is 1420. The summed E-state index contributed by atoms with van der Waals surface area (Å²) < 4.78 is 11.5. The Labute approximate surface area is 281 Å². The van der Waals surface area contributed by atoms with Gasteiger partial charge in [0.1, 0.15) is 5.82 Å². The molecule has 0 bridgehead atoms. The molecular weight excluding hydrogens is 588 g/mol. The third-order valence-corrected chi connectivity index (χ3v) is 9.53. The fourth-order valence-corrected chi connectivity index (χ4v) is 6.70. The quantitative estimate of drug-likeness (QED) is 0.0972. The van der Waals surface area contributed by atoms with Crippen molar-refractivity contribution < 1.29 is 19.1 Å². The Balaban J connectivity index is 0.982. The number of pyridine rings is 1. The van der Waals surface area contributed by atoms with Crippen molar-refractivity contribution in [1.29, 1.82) is 0 Å². The van der Waals surface area contributed by atoms with Crippen molar-refractivity contribution in [2.24, 2.45) is 0 Å². The molecule has 1 fully saturated rings. The molecule has 1 saturated heterocycles. The Morgan fingerprint density at radius 3 is 2.34 bits per heavy atom. The van der Waals surface area contributed by atoms with Crippen LogP contribution in [-0.4, -0.2) is 67.8 Å². The lowest BCUT2D eigenvalue weighted by Gasteiger charge is -2.36. The lowest BCUT2D eigenvalue weighted by molar-refractivity contribution is -0.144. The normalized spacial score (nSPS) is 15.2. The summed E-state index contributed by atoms with van der Waals surface area (Å²) in [6.07, 6.45) is 14.2. The molecule has 0 atom stereocenters. The third kappa shape index (κ3) is 10.4. The van der Waals surface area contributed by atoms with E-state index in [0.717, 1.165) is 70.4 Å². The summed E-state index contributed by atoms with van der Waals surface area (Å²) in [6.45, 7) is 7.96. The fraction of sp³-hybridized carbons (Fsp3) is 0.564. The van der Waals surface area contributed by atoms with Crippen molar-refractivity contribution in [2.75, 3.05) is 55.9 Å². The number of aryl methyl sites for hydroxylation is 1. The van der Waals surface area contributed by atoms with Gasteiger partial charge in [-0.1, -0.05) is 94.7 Å². The van der Waals surface area contributed by atoms with Crippen LogP contribution in [0.25, 0.3) is 10.8 Å². The summed E-state index contributed by atoms with van der Waals surface area (Å²) in [4.78, 5) is 36.4. The number of hydrogen-bond acceptors (Lipinski definition) is 7. The molecule has 1 amide bonds. The molecule has 2 aliphatic rings. The number of nitrogens with zero attached hydrogens (tertiary/aromatic N) is 4. The Kier molecular flexibility index (Phi) is 13.7. The third-order valence-electron chi connectivity index (χ3n) is 9.53. The maximum atomic E-state index is 12.8. The molecule has 3 heterocycles.